The van der Waals surface area contributed by atoms with Crippen molar-refractivity contribution in [3.63, 3.8) is 0 Å². The maximum Gasteiger partial charge on any atom is 0.199 e. The highest BCUT2D eigenvalue weighted by Crippen LogP contribution is 2.45. The number of benzene rings is 2. The van der Waals surface area contributed by atoms with Crippen LogP contribution in [-0.2, 0) is 19.7 Å². The summed E-state index contributed by atoms with van der Waals surface area (Å²) in [5.74, 6) is 0. The third-order valence-electron chi connectivity index (χ3n) is 5.68. The van der Waals surface area contributed by atoms with Crippen LogP contribution in [0.2, 0.25) is 0 Å². The molecule has 152 valence electrons. The van der Waals surface area contributed by atoms with Crippen LogP contribution in [0.5, 0.6) is 0 Å². The third kappa shape index (κ3) is 2.99. The molecule has 0 saturated heterocycles. The number of nitrogens with two attached hydrogens (primary N) is 2. The predicted octanol–water partition coefficient (Wildman–Crippen LogP) is 2.44. The lowest BCUT2D eigenvalue weighted by molar-refractivity contribution is 0.288. The molecule has 2 atom stereocenters. The summed E-state index contributed by atoms with van der Waals surface area (Å²) in [6.45, 7) is 3.68. The van der Waals surface area contributed by atoms with Crippen LogP contribution in [0.1, 0.15) is 36.8 Å². The largest absolute Gasteiger partial charge is 0.310 e. The van der Waals surface area contributed by atoms with Gasteiger partial charge in [-0.05, 0) is 51.0 Å². The monoisotopic (exact) mass is 422 g/mol. The summed E-state index contributed by atoms with van der Waals surface area (Å²) in [6.07, 6.45) is 0.934. The zero-order valence-electron chi connectivity index (χ0n) is 16.1. The van der Waals surface area contributed by atoms with Gasteiger partial charge in [-0.1, -0.05) is 48.2 Å². The van der Waals surface area contributed by atoms with E-state index >= 15 is 0 Å². The lowest BCUT2D eigenvalue weighted by Crippen LogP contribution is -2.74. The van der Waals surface area contributed by atoms with E-state index in [0.29, 0.717) is 12.8 Å². The molecule has 28 heavy (non-hydrogen) atoms. The van der Waals surface area contributed by atoms with Gasteiger partial charge in [0.15, 0.2) is 29.4 Å². The first-order valence-corrected chi connectivity index (χ1v) is 12.1. The minimum absolute atomic E-state index is 0.0172. The Bertz CT molecular complexity index is 989. The molecule has 2 unspecified atom stereocenters. The number of hydrogen-bond donors (Lipinski definition) is 2. The van der Waals surface area contributed by atoms with E-state index in [1.165, 1.54) is 24.3 Å². The zero-order chi connectivity index (χ0) is 20.8. The van der Waals surface area contributed by atoms with Gasteiger partial charge in [0.05, 0.1) is 9.79 Å². The molecule has 1 aliphatic rings. The molecule has 6 nitrogen and oxygen atoms in total. The molecule has 3 rings (SSSR count). The smallest absolute Gasteiger partial charge is 0.199 e. The fraction of sp³-hybridized carbons (Fsp3) is 0.400. The predicted molar refractivity (Wildman–Crippen MR) is 109 cm³/mol. The zero-order valence-corrected chi connectivity index (χ0v) is 17.7. The van der Waals surface area contributed by atoms with Gasteiger partial charge in [0.2, 0.25) is 0 Å². The van der Waals surface area contributed by atoms with E-state index in [9.17, 15) is 16.8 Å². The fourth-order valence-corrected chi connectivity index (χ4v) is 8.21. The van der Waals surface area contributed by atoms with Gasteiger partial charge >= 0.3 is 0 Å². The first-order chi connectivity index (χ1) is 13.0. The first kappa shape index (κ1) is 21.0. The molecule has 2 aromatic rings. The molecule has 0 spiro atoms. The molecule has 2 aromatic carbocycles. The van der Waals surface area contributed by atoms with Gasteiger partial charge < -0.3 is 11.5 Å². The normalized spacial score (nSPS) is 26.1. The number of hydrogen-bond acceptors (Lipinski definition) is 6. The van der Waals surface area contributed by atoms with E-state index in [-0.39, 0.29) is 22.6 Å². The van der Waals surface area contributed by atoms with Crippen molar-refractivity contribution in [1.82, 2.24) is 0 Å². The number of rotatable bonds is 4. The van der Waals surface area contributed by atoms with Crippen LogP contribution in [0.4, 0.5) is 0 Å². The van der Waals surface area contributed by atoms with Crippen molar-refractivity contribution in [3.8, 4) is 0 Å². The van der Waals surface area contributed by atoms with E-state index < -0.39 is 29.4 Å². The van der Waals surface area contributed by atoms with Crippen molar-refractivity contribution in [2.24, 2.45) is 11.5 Å². The van der Waals surface area contributed by atoms with Crippen molar-refractivity contribution < 1.29 is 16.8 Å². The van der Waals surface area contributed by atoms with Crippen molar-refractivity contribution in [1.29, 1.82) is 0 Å². The van der Waals surface area contributed by atoms with Crippen LogP contribution in [0.25, 0.3) is 0 Å². The molecule has 0 amide bonds. The van der Waals surface area contributed by atoms with Crippen LogP contribution in [0.3, 0.4) is 0 Å². The maximum atomic E-state index is 13.5. The summed E-state index contributed by atoms with van der Waals surface area (Å²) in [7, 11) is -8.42. The average molecular weight is 423 g/mol. The third-order valence-corrected chi connectivity index (χ3v) is 10.7. The van der Waals surface area contributed by atoms with E-state index in [2.05, 4.69) is 0 Å². The highest BCUT2D eigenvalue weighted by molar-refractivity contribution is 7.97. The van der Waals surface area contributed by atoms with E-state index in [0.717, 1.165) is 11.1 Å². The molecule has 0 radical (unpaired) electrons. The second kappa shape index (κ2) is 6.95. The highest BCUT2D eigenvalue weighted by Gasteiger charge is 2.63. The molecule has 0 aromatic heterocycles. The van der Waals surface area contributed by atoms with E-state index in [1.54, 1.807) is 24.3 Å². The number of sulfone groups is 2. The molecule has 0 bridgehead atoms. The van der Waals surface area contributed by atoms with Gasteiger partial charge in [0, 0.05) is 0 Å². The minimum Gasteiger partial charge on any atom is -0.310 e. The van der Waals surface area contributed by atoms with Gasteiger partial charge in [-0.15, -0.1) is 0 Å². The molecule has 4 N–H and O–H groups in total. The van der Waals surface area contributed by atoms with Crippen LogP contribution >= 0.6 is 0 Å². The van der Waals surface area contributed by atoms with Gasteiger partial charge in [0.25, 0.3) is 0 Å². The summed E-state index contributed by atoms with van der Waals surface area (Å²) >= 11 is 0. The minimum atomic E-state index is -4.21. The van der Waals surface area contributed by atoms with Crippen molar-refractivity contribution >= 4 is 19.7 Å². The first-order valence-electron chi connectivity index (χ1n) is 9.16. The lowest BCUT2D eigenvalue weighted by atomic mass is 9.90. The fourth-order valence-electron chi connectivity index (χ4n) is 3.78. The van der Waals surface area contributed by atoms with Gasteiger partial charge in [-0.2, -0.15) is 0 Å². The summed E-state index contributed by atoms with van der Waals surface area (Å²) in [4.78, 5) is -4.29. The van der Waals surface area contributed by atoms with Gasteiger partial charge in [-0.3, -0.25) is 0 Å². The van der Waals surface area contributed by atoms with Crippen LogP contribution in [0.15, 0.2) is 58.3 Å². The Labute approximate surface area is 166 Å². The maximum absolute atomic E-state index is 13.5. The van der Waals surface area contributed by atoms with Gasteiger partial charge in [-0.25, -0.2) is 16.8 Å². The second-order valence-corrected chi connectivity index (χ2v) is 12.0. The molecule has 1 aliphatic carbocycles. The quantitative estimate of drug-likeness (QED) is 0.781. The highest BCUT2D eigenvalue weighted by atomic mass is 32.2. The van der Waals surface area contributed by atoms with Gasteiger partial charge in [0.1, 0.15) is 0 Å². The Morgan fingerprint density at radius 3 is 1.21 bits per heavy atom. The topological polar surface area (TPSA) is 120 Å². The van der Waals surface area contributed by atoms with Crippen LogP contribution in [0, 0.1) is 13.8 Å². The molecule has 0 heterocycles. The molecule has 1 saturated carbocycles. The van der Waals surface area contributed by atoms with E-state index in [1.807, 2.05) is 13.8 Å². The summed E-state index contributed by atoms with van der Waals surface area (Å²) < 4.78 is 54.0. The molecular formula is C20H26N2O4S2. The molecular weight excluding hydrogens is 396 g/mol. The Kier molecular flexibility index (Phi) is 5.21. The summed E-state index contributed by atoms with van der Waals surface area (Å²) in [6, 6.07) is 12.4. The van der Waals surface area contributed by atoms with Crippen LogP contribution in [-0.4, -0.2) is 26.6 Å². The summed E-state index contributed by atoms with van der Waals surface area (Å²) in [5.41, 5.74) is 14.7. The number of aryl methyl sites for hydroxylation is 2. The average Bonchev–Trinajstić information content (AvgIpc) is 2.64. The van der Waals surface area contributed by atoms with Crippen LogP contribution < -0.4 is 11.5 Å². The molecule has 8 heteroatoms. The van der Waals surface area contributed by atoms with Crippen molar-refractivity contribution in [2.75, 3.05) is 0 Å². The van der Waals surface area contributed by atoms with Crippen molar-refractivity contribution in [3.05, 3.63) is 59.7 Å². The van der Waals surface area contributed by atoms with E-state index in [4.69, 9.17) is 11.5 Å². The summed E-state index contributed by atoms with van der Waals surface area (Å²) in [5, 5.41) is 0. The lowest BCUT2D eigenvalue weighted by Gasteiger charge is -2.47. The Morgan fingerprint density at radius 1 is 0.643 bits per heavy atom. The molecule has 1 fully saturated rings. The SMILES string of the molecule is Cc1ccc(S(=O)(=O)C2(N)CCCCC2(N)S(=O)(=O)c2ccc(C)cc2)cc1. The Balaban J connectivity index is 2.20. The second-order valence-electron chi connectivity index (χ2n) is 7.62. The Morgan fingerprint density at radius 2 is 0.929 bits per heavy atom. The Hall–Kier alpha value is -1.74. The van der Waals surface area contributed by atoms with Crippen molar-refractivity contribution in [2.45, 2.75) is 59.1 Å². The molecule has 0 aliphatic heterocycles. The standard InChI is InChI=1S/C20H26N2O4S2/c1-15-5-9-17(10-6-15)27(23,24)19(21)13-3-4-14-20(19,22)28(25,26)18-11-7-16(2)8-12-18/h5-12H,3-4,13-14,21-22H2,1-2H3.